The van der Waals surface area contributed by atoms with Crippen molar-refractivity contribution in [1.29, 1.82) is 0 Å². The van der Waals surface area contributed by atoms with Gasteiger partial charge < -0.3 is 10.6 Å². The number of benzene rings is 1. The predicted octanol–water partition coefficient (Wildman–Crippen LogP) is 3.10. The van der Waals surface area contributed by atoms with Gasteiger partial charge >= 0.3 is 0 Å². The van der Waals surface area contributed by atoms with Crippen LogP contribution < -0.4 is 16.2 Å². The van der Waals surface area contributed by atoms with Crippen molar-refractivity contribution in [3.05, 3.63) is 46.4 Å². The number of carbonyl (C=O) groups excluding carboxylic acids is 2. The Morgan fingerprint density at radius 2 is 1.58 bits per heavy atom. The molecule has 4 fully saturated rings. The third kappa shape index (κ3) is 4.37. The Kier molecular flexibility index (Phi) is 6.12. The average Bonchev–Trinajstić information content (AvgIpc) is 2.99. The molecule has 4 aliphatic rings. The molecule has 0 saturated heterocycles. The highest BCUT2D eigenvalue weighted by molar-refractivity contribution is 8.00. The van der Waals surface area contributed by atoms with Gasteiger partial charge in [-0.1, -0.05) is 18.2 Å². The summed E-state index contributed by atoms with van der Waals surface area (Å²) >= 11 is 1.29. The summed E-state index contributed by atoms with van der Waals surface area (Å²) in [6, 6.07) is 9.65. The van der Waals surface area contributed by atoms with Crippen molar-refractivity contribution in [1.82, 2.24) is 14.7 Å². The molecule has 0 unspecified atom stereocenters. The second kappa shape index (κ2) is 9.05. The highest BCUT2D eigenvalue weighted by Crippen LogP contribution is 2.53. The Hall–Kier alpha value is -2.48. The minimum absolute atomic E-state index is 0.0209. The number of nitrogens with zero attached hydrogens (tertiary/aromatic N) is 2. The molecule has 2 amide bonds. The van der Waals surface area contributed by atoms with E-state index in [0.717, 1.165) is 17.5 Å². The van der Waals surface area contributed by atoms with E-state index in [1.165, 1.54) is 48.5 Å². The molecular weight excluding hydrogens is 436 g/mol. The largest absolute Gasteiger partial charge is 0.352 e. The molecule has 7 nitrogen and oxygen atoms in total. The molecule has 6 rings (SSSR count). The molecule has 4 saturated carbocycles. The van der Waals surface area contributed by atoms with Gasteiger partial charge in [-0.3, -0.25) is 19.1 Å². The number of hydrogen-bond donors (Lipinski definition) is 2. The van der Waals surface area contributed by atoms with Crippen LogP contribution in [0.4, 0.5) is 5.69 Å². The van der Waals surface area contributed by atoms with E-state index in [0.29, 0.717) is 23.6 Å². The Bertz CT molecular complexity index is 1080. The highest BCUT2D eigenvalue weighted by atomic mass is 32.2. The van der Waals surface area contributed by atoms with Crippen LogP contribution in [0.5, 0.6) is 0 Å². The third-order valence-electron chi connectivity index (χ3n) is 7.84. The van der Waals surface area contributed by atoms with E-state index in [2.05, 4.69) is 10.6 Å². The van der Waals surface area contributed by atoms with Gasteiger partial charge in [0.15, 0.2) is 0 Å². The fourth-order valence-corrected chi connectivity index (χ4v) is 7.14. The van der Waals surface area contributed by atoms with Gasteiger partial charge in [0.1, 0.15) is 5.69 Å². The number of hydrogen-bond acceptors (Lipinski definition) is 4. The van der Waals surface area contributed by atoms with Crippen LogP contribution in [0.25, 0.3) is 5.69 Å². The van der Waals surface area contributed by atoms with Crippen molar-refractivity contribution in [3.8, 4) is 5.69 Å². The van der Waals surface area contributed by atoms with E-state index >= 15 is 0 Å². The fraction of sp³-hybridized carbons (Fsp3) is 0.560. The standard InChI is InChI=1S/C25H32N4O3S/c1-15-23(25(32)29(28(15)2)20-6-4-3-5-7-20)26-21(30)13-33-14-22(31)27-24-18-9-16-8-17(11-18)12-19(24)10-16/h3-7,16-19,24H,8-14H2,1-2H3,(H,26,30)(H,27,31). The first-order valence-corrected chi connectivity index (χ1v) is 13.1. The van der Waals surface area contributed by atoms with Gasteiger partial charge in [-0.05, 0) is 74.8 Å². The molecule has 0 atom stereocenters. The molecule has 1 aromatic heterocycles. The number of nitrogens with one attached hydrogen (secondary N) is 2. The molecule has 2 aromatic rings. The van der Waals surface area contributed by atoms with Crippen molar-refractivity contribution in [3.63, 3.8) is 0 Å². The number of aromatic nitrogens is 2. The second-order valence-corrected chi connectivity index (χ2v) is 11.0. The number of para-hydroxylation sites is 1. The first kappa shape index (κ1) is 22.3. The molecule has 2 N–H and O–H groups in total. The van der Waals surface area contributed by atoms with Crippen molar-refractivity contribution < 1.29 is 9.59 Å². The van der Waals surface area contributed by atoms with Crippen LogP contribution in [0.3, 0.4) is 0 Å². The van der Waals surface area contributed by atoms with Crippen LogP contribution in [-0.2, 0) is 16.6 Å². The molecule has 1 heterocycles. The summed E-state index contributed by atoms with van der Waals surface area (Å²) in [7, 11) is 1.79. The SMILES string of the molecule is Cc1c(NC(=O)CSCC(=O)NC2C3CC4CC(C3)CC2C4)c(=O)n(-c2ccccc2)n1C. The van der Waals surface area contributed by atoms with Gasteiger partial charge in [-0.15, -0.1) is 11.8 Å². The van der Waals surface area contributed by atoms with E-state index in [1.54, 1.807) is 11.7 Å². The number of anilines is 1. The maximum absolute atomic E-state index is 12.9. The summed E-state index contributed by atoms with van der Waals surface area (Å²) in [6.07, 6.45) is 6.47. The molecule has 176 valence electrons. The predicted molar refractivity (Wildman–Crippen MR) is 131 cm³/mol. The van der Waals surface area contributed by atoms with Crippen molar-refractivity contribution in [2.75, 3.05) is 16.8 Å². The van der Waals surface area contributed by atoms with Gasteiger partial charge in [-0.25, -0.2) is 4.68 Å². The van der Waals surface area contributed by atoms with Gasteiger partial charge in [0.25, 0.3) is 5.56 Å². The van der Waals surface area contributed by atoms with E-state index in [4.69, 9.17) is 0 Å². The summed E-state index contributed by atoms with van der Waals surface area (Å²) in [5, 5.41) is 6.05. The average molecular weight is 469 g/mol. The Labute approximate surface area is 198 Å². The molecule has 8 heteroatoms. The second-order valence-electron chi connectivity index (χ2n) is 10.0. The zero-order valence-corrected chi connectivity index (χ0v) is 20.1. The smallest absolute Gasteiger partial charge is 0.295 e. The van der Waals surface area contributed by atoms with Crippen LogP contribution in [0.2, 0.25) is 0 Å². The van der Waals surface area contributed by atoms with Crippen LogP contribution in [-0.4, -0.2) is 38.7 Å². The quantitative estimate of drug-likeness (QED) is 0.654. The van der Waals surface area contributed by atoms with Gasteiger partial charge in [0.2, 0.25) is 11.8 Å². The molecule has 0 aliphatic heterocycles. The summed E-state index contributed by atoms with van der Waals surface area (Å²) in [4.78, 5) is 38.0. The minimum atomic E-state index is -0.270. The Morgan fingerprint density at radius 1 is 0.970 bits per heavy atom. The van der Waals surface area contributed by atoms with Crippen molar-refractivity contribution in [2.24, 2.45) is 30.7 Å². The number of rotatable bonds is 7. The lowest BCUT2D eigenvalue weighted by Gasteiger charge is -2.54. The van der Waals surface area contributed by atoms with E-state index in [9.17, 15) is 14.4 Å². The molecule has 4 aliphatic carbocycles. The lowest BCUT2D eigenvalue weighted by atomic mass is 9.54. The Balaban J connectivity index is 1.13. The fourth-order valence-electron chi connectivity index (χ4n) is 6.51. The first-order valence-electron chi connectivity index (χ1n) is 11.9. The first-order chi connectivity index (χ1) is 15.9. The number of carbonyl (C=O) groups is 2. The summed E-state index contributed by atoms with van der Waals surface area (Å²) < 4.78 is 3.27. The van der Waals surface area contributed by atoms with E-state index in [-0.39, 0.29) is 34.6 Å². The molecule has 1 aromatic carbocycles. The van der Waals surface area contributed by atoms with Crippen LogP contribution in [0.1, 0.15) is 37.8 Å². The van der Waals surface area contributed by atoms with Crippen LogP contribution in [0, 0.1) is 30.6 Å². The zero-order chi connectivity index (χ0) is 23.1. The Morgan fingerprint density at radius 3 is 2.21 bits per heavy atom. The number of amides is 2. The van der Waals surface area contributed by atoms with Crippen LogP contribution >= 0.6 is 11.8 Å². The maximum Gasteiger partial charge on any atom is 0.295 e. The molecule has 33 heavy (non-hydrogen) atoms. The third-order valence-corrected chi connectivity index (χ3v) is 8.77. The molecular formula is C25H32N4O3S. The topological polar surface area (TPSA) is 85.1 Å². The van der Waals surface area contributed by atoms with Gasteiger partial charge in [0, 0.05) is 13.1 Å². The van der Waals surface area contributed by atoms with Gasteiger partial charge in [0.05, 0.1) is 22.9 Å². The molecule has 4 bridgehead atoms. The minimum Gasteiger partial charge on any atom is -0.352 e. The van der Waals surface area contributed by atoms with E-state index in [1.807, 2.05) is 37.3 Å². The maximum atomic E-state index is 12.9. The summed E-state index contributed by atoms with van der Waals surface area (Å²) in [5.41, 5.74) is 1.44. The van der Waals surface area contributed by atoms with Gasteiger partial charge in [-0.2, -0.15) is 0 Å². The highest BCUT2D eigenvalue weighted by Gasteiger charge is 2.48. The zero-order valence-electron chi connectivity index (χ0n) is 19.3. The molecule has 0 spiro atoms. The monoisotopic (exact) mass is 468 g/mol. The van der Waals surface area contributed by atoms with Crippen molar-refractivity contribution >= 4 is 29.3 Å². The number of thioether (sulfide) groups is 1. The lowest BCUT2D eigenvalue weighted by molar-refractivity contribution is -0.122. The van der Waals surface area contributed by atoms with Crippen LogP contribution in [0.15, 0.2) is 35.1 Å². The lowest BCUT2D eigenvalue weighted by Crippen LogP contribution is -2.56. The molecule has 0 radical (unpaired) electrons. The summed E-state index contributed by atoms with van der Waals surface area (Å²) in [6.45, 7) is 1.81. The van der Waals surface area contributed by atoms with E-state index < -0.39 is 0 Å². The normalized spacial score (nSPS) is 27.5. The summed E-state index contributed by atoms with van der Waals surface area (Å²) in [5.74, 6) is 3.20. The van der Waals surface area contributed by atoms with Crippen molar-refractivity contribution in [2.45, 2.75) is 45.1 Å².